The zero-order valence-electron chi connectivity index (χ0n) is 9.88. The molecular formula is C8H17N2O8P. The smallest absolute Gasteiger partial charge is 0.348 e. The van der Waals surface area contributed by atoms with Crippen LogP contribution < -0.4 is 11.5 Å². The molecule has 0 aliphatic carbocycles. The molecule has 10 nitrogen and oxygen atoms in total. The van der Waals surface area contributed by atoms with Crippen molar-refractivity contribution in [3.63, 3.8) is 0 Å². The SMILES string of the molecule is NCCCC(N)C(=O)O.O=C(O)C(O)C(O)P(=O)=O. The zero-order chi connectivity index (χ0) is 15.6. The number of rotatable bonds is 7. The summed E-state index contributed by atoms with van der Waals surface area (Å²) < 4.78 is 19.6. The molecule has 0 bridgehead atoms. The van der Waals surface area contributed by atoms with Crippen LogP contribution in [-0.2, 0) is 18.7 Å². The van der Waals surface area contributed by atoms with Gasteiger partial charge in [-0.05, 0) is 19.4 Å². The van der Waals surface area contributed by atoms with E-state index in [1.165, 1.54) is 0 Å². The molecule has 11 heteroatoms. The minimum Gasteiger partial charge on any atom is -0.480 e. The topological polar surface area (TPSA) is 201 Å². The molecule has 3 atom stereocenters. The highest BCUT2D eigenvalue weighted by atomic mass is 31.1. The van der Waals surface area contributed by atoms with Gasteiger partial charge in [-0.2, -0.15) is 0 Å². The van der Waals surface area contributed by atoms with E-state index in [4.69, 9.17) is 31.9 Å². The van der Waals surface area contributed by atoms with Crippen molar-refractivity contribution in [3.8, 4) is 0 Å². The second kappa shape index (κ2) is 10.6. The summed E-state index contributed by atoms with van der Waals surface area (Å²) in [6.45, 7) is 0.501. The lowest BCUT2D eigenvalue weighted by Gasteiger charge is -2.03. The van der Waals surface area contributed by atoms with Gasteiger partial charge in [0, 0.05) is 0 Å². The van der Waals surface area contributed by atoms with Gasteiger partial charge < -0.3 is 31.9 Å². The molecular weight excluding hydrogens is 283 g/mol. The summed E-state index contributed by atoms with van der Waals surface area (Å²) in [5.74, 6) is -4.96. The number of carboxylic acids is 2. The predicted octanol–water partition coefficient (Wildman–Crippen LogP) is -1.94. The lowest BCUT2D eigenvalue weighted by Crippen LogP contribution is -2.30. The molecule has 0 aliphatic heterocycles. The van der Waals surface area contributed by atoms with Crippen molar-refractivity contribution in [1.29, 1.82) is 0 Å². The Hall–Kier alpha value is -1.32. The van der Waals surface area contributed by atoms with E-state index in [0.29, 0.717) is 19.4 Å². The van der Waals surface area contributed by atoms with Gasteiger partial charge in [-0.3, -0.25) is 4.79 Å². The molecule has 8 N–H and O–H groups in total. The third-order valence-electron chi connectivity index (χ3n) is 1.79. The van der Waals surface area contributed by atoms with Crippen LogP contribution in [0.2, 0.25) is 0 Å². The number of aliphatic hydroxyl groups excluding tert-OH is 2. The maximum absolute atomic E-state index is 10.0. The molecule has 0 aromatic heterocycles. The summed E-state index contributed by atoms with van der Waals surface area (Å²) in [7, 11) is -3.31. The summed E-state index contributed by atoms with van der Waals surface area (Å²) >= 11 is 0. The third kappa shape index (κ3) is 10.3. The Labute approximate surface area is 108 Å². The minimum absolute atomic E-state index is 0.464. The van der Waals surface area contributed by atoms with E-state index >= 15 is 0 Å². The van der Waals surface area contributed by atoms with Crippen LogP contribution in [0.15, 0.2) is 0 Å². The fourth-order valence-electron chi connectivity index (χ4n) is 0.704. The second-order valence-electron chi connectivity index (χ2n) is 3.36. The molecule has 0 radical (unpaired) electrons. The van der Waals surface area contributed by atoms with Crippen LogP contribution in [0.3, 0.4) is 0 Å². The maximum atomic E-state index is 10.0. The first-order chi connectivity index (χ1) is 8.64. The molecule has 0 aliphatic rings. The first kappa shape index (κ1) is 20.0. The number of nitrogens with two attached hydrogens (primary N) is 2. The van der Waals surface area contributed by atoms with Crippen LogP contribution >= 0.6 is 7.68 Å². The van der Waals surface area contributed by atoms with Gasteiger partial charge in [-0.1, -0.05) is 0 Å². The molecule has 0 aromatic rings. The van der Waals surface area contributed by atoms with Gasteiger partial charge in [0.25, 0.3) is 0 Å². The number of hydrogen-bond acceptors (Lipinski definition) is 8. The Balaban J connectivity index is 0. The van der Waals surface area contributed by atoms with Crippen molar-refractivity contribution in [2.45, 2.75) is 30.8 Å². The molecule has 19 heavy (non-hydrogen) atoms. The average Bonchev–Trinajstić information content (AvgIpc) is 2.34. The van der Waals surface area contributed by atoms with Crippen molar-refractivity contribution >= 4 is 19.6 Å². The first-order valence-electron chi connectivity index (χ1n) is 5.06. The Bertz CT molecular complexity index is 351. The number of carboxylic acid groups (broad SMARTS) is 2. The molecule has 0 saturated carbocycles. The van der Waals surface area contributed by atoms with Gasteiger partial charge in [0.05, 0.1) is 0 Å². The molecule has 0 rings (SSSR count). The van der Waals surface area contributed by atoms with Gasteiger partial charge in [0.1, 0.15) is 6.04 Å². The summed E-state index contributed by atoms with van der Waals surface area (Å²) in [5.41, 5.74) is 10.3. The molecule has 0 aromatic carbocycles. The molecule has 3 unspecified atom stereocenters. The highest BCUT2D eigenvalue weighted by Crippen LogP contribution is 2.14. The Morgan fingerprint density at radius 3 is 1.79 bits per heavy atom. The summed E-state index contributed by atoms with van der Waals surface area (Å²) in [6, 6.07) is -0.742. The lowest BCUT2D eigenvalue weighted by atomic mass is 10.2. The highest BCUT2D eigenvalue weighted by Gasteiger charge is 2.27. The van der Waals surface area contributed by atoms with Crippen LogP contribution in [0.4, 0.5) is 0 Å². The van der Waals surface area contributed by atoms with Gasteiger partial charge >= 0.3 is 19.6 Å². The molecule has 0 spiro atoms. The summed E-state index contributed by atoms with van der Waals surface area (Å²) in [6.07, 6.45) is -1.12. The van der Waals surface area contributed by atoms with E-state index in [0.717, 1.165) is 0 Å². The number of aliphatic carboxylic acids is 2. The van der Waals surface area contributed by atoms with Crippen molar-refractivity contribution in [1.82, 2.24) is 0 Å². The Kier molecular flexibility index (Phi) is 11.1. The third-order valence-corrected chi connectivity index (χ3v) is 2.50. The average molecular weight is 300 g/mol. The van der Waals surface area contributed by atoms with Crippen molar-refractivity contribution in [2.75, 3.05) is 6.54 Å². The fraction of sp³-hybridized carbons (Fsp3) is 0.750. The molecule has 112 valence electrons. The van der Waals surface area contributed by atoms with Crippen LogP contribution in [0.25, 0.3) is 0 Å². The van der Waals surface area contributed by atoms with E-state index in [1.807, 2.05) is 0 Å². The molecule has 0 heterocycles. The number of hydrogen-bond donors (Lipinski definition) is 6. The van der Waals surface area contributed by atoms with Crippen LogP contribution in [0.1, 0.15) is 12.8 Å². The first-order valence-corrected chi connectivity index (χ1v) is 6.30. The monoisotopic (exact) mass is 300 g/mol. The van der Waals surface area contributed by atoms with E-state index in [2.05, 4.69) is 0 Å². The lowest BCUT2D eigenvalue weighted by molar-refractivity contribution is -0.150. The summed E-state index contributed by atoms with van der Waals surface area (Å²) in [5, 5.41) is 32.8. The van der Waals surface area contributed by atoms with Gasteiger partial charge in [0.2, 0.25) is 5.85 Å². The van der Waals surface area contributed by atoms with Crippen LogP contribution in [0.5, 0.6) is 0 Å². The van der Waals surface area contributed by atoms with Crippen molar-refractivity contribution in [3.05, 3.63) is 0 Å². The minimum atomic E-state index is -3.31. The molecule has 0 amide bonds. The zero-order valence-corrected chi connectivity index (χ0v) is 10.8. The quantitative estimate of drug-likeness (QED) is 0.287. The second-order valence-corrected chi connectivity index (χ2v) is 4.46. The van der Waals surface area contributed by atoms with Gasteiger partial charge in [-0.15, -0.1) is 0 Å². The highest BCUT2D eigenvalue weighted by molar-refractivity contribution is 7.31. The van der Waals surface area contributed by atoms with Gasteiger partial charge in [0.15, 0.2) is 6.10 Å². The van der Waals surface area contributed by atoms with Gasteiger partial charge in [-0.25, -0.2) is 13.9 Å². The van der Waals surface area contributed by atoms with E-state index in [-0.39, 0.29) is 0 Å². The Morgan fingerprint density at radius 1 is 1.11 bits per heavy atom. The van der Waals surface area contributed by atoms with Crippen LogP contribution in [-0.4, -0.2) is 56.9 Å². The predicted molar refractivity (Wildman–Crippen MR) is 61.8 cm³/mol. The van der Waals surface area contributed by atoms with Crippen molar-refractivity contribution < 1.29 is 39.1 Å². The Morgan fingerprint density at radius 2 is 1.58 bits per heavy atom. The summed E-state index contributed by atoms with van der Waals surface area (Å²) in [4.78, 5) is 19.8. The van der Waals surface area contributed by atoms with E-state index in [1.54, 1.807) is 0 Å². The molecule has 0 fully saturated rings. The molecule has 0 saturated heterocycles. The van der Waals surface area contributed by atoms with E-state index < -0.39 is 37.6 Å². The van der Waals surface area contributed by atoms with Crippen molar-refractivity contribution in [2.24, 2.45) is 11.5 Å². The number of carbonyl (C=O) groups is 2. The standard InChI is InChI=1S/C5H12N2O2.C3H5O6P/c6-3-1-2-4(7)5(8)9;4-1(2(5)6)3(7)10(8)9/h4H,1-3,6-7H2,(H,8,9);1,3-4,7H,(H,5,6). The maximum Gasteiger partial charge on any atom is 0.348 e. The fourth-order valence-corrected chi connectivity index (χ4v) is 1.06. The van der Waals surface area contributed by atoms with Crippen LogP contribution in [0, 0.1) is 0 Å². The number of aliphatic hydroxyl groups is 2. The normalized spacial score (nSPS) is 14.5. The van der Waals surface area contributed by atoms with E-state index in [9.17, 15) is 18.7 Å². The largest absolute Gasteiger partial charge is 0.480 e.